The summed E-state index contributed by atoms with van der Waals surface area (Å²) in [6.45, 7) is 9.86. The van der Waals surface area contributed by atoms with Gasteiger partial charge in [0.15, 0.2) is 10.4 Å². The monoisotopic (exact) mass is 540 g/mol. The minimum atomic E-state index is -1.16. The first kappa shape index (κ1) is 24.6. The van der Waals surface area contributed by atoms with Crippen molar-refractivity contribution >= 4 is 33.9 Å². The summed E-state index contributed by atoms with van der Waals surface area (Å²) in [5.74, 6) is 0.628. The van der Waals surface area contributed by atoms with E-state index < -0.39 is 16.1 Å². The molecule has 0 amide bonds. The Kier molecular flexibility index (Phi) is 5.40. The number of aromatic amines is 1. The number of fused-ring (bicyclic) bond motifs is 2. The van der Waals surface area contributed by atoms with Crippen molar-refractivity contribution in [2.24, 2.45) is 12.5 Å². The van der Waals surface area contributed by atoms with Crippen molar-refractivity contribution in [1.29, 1.82) is 0 Å². The highest BCUT2D eigenvalue weighted by molar-refractivity contribution is 7.90. The topological polar surface area (TPSA) is 102 Å². The average Bonchev–Trinajstić information content (AvgIpc) is 3.50. The molecule has 8 nitrogen and oxygen atoms in total. The number of H-pyrrole nitrogens is 1. The average molecular weight is 541 g/mol. The fraction of sp³-hybridized carbons (Fsp3) is 0.367. The van der Waals surface area contributed by atoms with E-state index in [9.17, 15) is 9.35 Å². The molecule has 3 aliphatic rings. The lowest BCUT2D eigenvalue weighted by atomic mass is 9.72. The number of nitrogens with one attached hydrogen (secondary N) is 2. The first-order valence-electron chi connectivity index (χ1n) is 13.5. The van der Waals surface area contributed by atoms with Gasteiger partial charge in [0.05, 0.1) is 11.7 Å². The van der Waals surface area contributed by atoms with E-state index >= 15 is 0 Å². The molecule has 0 saturated carbocycles. The lowest BCUT2D eigenvalue weighted by Crippen LogP contribution is -2.53. The SMILES string of the molecule is C=C(c1ccccc1)c1[nH]nc2nc(N3CCC4(CC3)Cc3cccc5c3[C@H]4N[S+]([O-])C5(C)C)n(C)c(=O)c12. The van der Waals surface area contributed by atoms with Crippen molar-refractivity contribution in [3.05, 3.63) is 93.4 Å². The van der Waals surface area contributed by atoms with Crippen molar-refractivity contribution in [2.45, 2.75) is 43.9 Å². The van der Waals surface area contributed by atoms with Gasteiger partial charge >= 0.3 is 0 Å². The Morgan fingerprint density at radius 2 is 1.87 bits per heavy atom. The number of hydrogen-bond donors (Lipinski definition) is 2. The van der Waals surface area contributed by atoms with Crippen molar-refractivity contribution < 1.29 is 4.55 Å². The molecule has 0 radical (unpaired) electrons. The van der Waals surface area contributed by atoms with Crippen LogP contribution >= 0.6 is 0 Å². The predicted octanol–water partition coefficient (Wildman–Crippen LogP) is 4.10. The Labute approximate surface area is 230 Å². The minimum Gasteiger partial charge on any atom is -0.597 e. The largest absolute Gasteiger partial charge is 0.597 e. The van der Waals surface area contributed by atoms with Gasteiger partial charge in [-0.2, -0.15) is 10.1 Å². The second kappa shape index (κ2) is 8.55. The molecule has 1 saturated heterocycles. The van der Waals surface area contributed by atoms with E-state index in [4.69, 9.17) is 4.98 Å². The Hall–Kier alpha value is -3.40. The summed E-state index contributed by atoms with van der Waals surface area (Å²) in [6, 6.07) is 16.4. The molecule has 2 aromatic carbocycles. The number of hydrogen-bond acceptors (Lipinski definition) is 6. The molecule has 1 aliphatic carbocycles. The third kappa shape index (κ3) is 3.49. The van der Waals surface area contributed by atoms with Crippen molar-refractivity contribution in [2.75, 3.05) is 18.0 Å². The van der Waals surface area contributed by atoms with Gasteiger partial charge in [0.1, 0.15) is 5.39 Å². The Morgan fingerprint density at radius 1 is 1.13 bits per heavy atom. The predicted molar refractivity (Wildman–Crippen MR) is 155 cm³/mol. The number of nitrogens with zero attached hydrogens (tertiary/aromatic N) is 4. The lowest BCUT2D eigenvalue weighted by molar-refractivity contribution is 0.172. The van der Waals surface area contributed by atoms with Crippen LogP contribution in [0.1, 0.15) is 60.7 Å². The molecule has 2 N–H and O–H groups in total. The molecule has 39 heavy (non-hydrogen) atoms. The van der Waals surface area contributed by atoms with Crippen LogP contribution in [-0.4, -0.2) is 37.4 Å². The number of aromatic nitrogens is 4. The van der Waals surface area contributed by atoms with Crippen molar-refractivity contribution in [3.8, 4) is 0 Å². The van der Waals surface area contributed by atoms with E-state index in [0.29, 0.717) is 28.2 Å². The second-order valence-electron chi connectivity index (χ2n) is 11.7. The number of rotatable bonds is 3. The maximum atomic E-state index is 13.6. The van der Waals surface area contributed by atoms with Gasteiger partial charge in [0, 0.05) is 48.1 Å². The second-order valence-corrected chi connectivity index (χ2v) is 13.4. The highest BCUT2D eigenvalue weighted by atomic mass is 32.2. The molecule has 0 bridgehead atoms. The third-order valence-electron chi connectivity index (χ3n) is 9.21. The smallest absolute Gasteiger partial charge is 0.266 e. The summed E-state index contributed by atoms with van der Waals surface area (Å²) >= 11 is -1.16. The summed E-state index contributed by atoms with van der Waals surface area (Å²) in [6.07, 6.45) is 2.81. The summed E-state index contributed by atoms with van der Waals surface area (Å²) in [4.78, 5) is 20.6. The van der Waals surface area contributed by atoms with Crippen LogP contribution < -0.4 is 15.2 Å². The quantitative estimate of drug-likeness (QED) is 0.380. The van der Waals surface area contributed by atoms with Crippen LogP contribution in [0.4, 0.5) is 5.95 Å². The molecule has 200 valence electrons. The van der Waals surface area contributed by atoms with Gasteiger partial charge in [0.2, 0.25) is 5.95 Å². The lowest BCUT2D eigenvalue weighted by Gasteiger charge is -2.46. The van der Waals surface area contributed by atoms with E-state index in [0.717, 1.165) is 37.9 Å². The first-order valence-corrected chi connectivity index (χ1v) is 14.6. The number of piperidine rings is 1. The van der Waals surface area contributed by atoms with Gasteiger partial charge in [-0.15, -0.1) is 4.72 Å². The van der Waals surface area contributed by atoms with E-state index in [2.05, 4.69) is 58.4 Å². The highest BCUT2D eigenvalue weighted by Crippen LogP contribution is 2.57. The molecule has 7 rings (SSSR count). The van der Waals surface area contributed by atoms with Crippen LogP contribution in [0, 0.1) is 5.41 Å². The zero-order valence-corrected chi connectivity index (χ0v) is 23.3. The molecule has 4 heterocycles. The van der Waals surface area contributed by atoms with Crippen LogP contribution in [0.2, 0.25) is 0 Å². The highest BCUT2D eigenvalue weighted by Gasteiger charge is 2.56. The number of anilines is 1. The van der Waals surface area contributed by atoms with Crippen molar-refractivity contribution in [1.82, 2.24) is 24.5 Å². The summed E-state index contributed by atoms with van der Waals surface area (Å²) < 4.78 is 18.0. The molecule has 1 unspecified atom stereocenters. The molecular formula is C30H32N6O2S. The standard InChI is InChI=1S/C30H32N6O2S/c1-18(19-9-6-5-7-10-19)24-23-26(33-32-24)31-28(35(4)27(23)37)36-15-13-30(14-16-36)17-20-11-8-12-21-22(20)25(30)34-39(38)29(21,2)3/h5-12,25,34H,1,13-17H2,2-4H3,(H,32,33)/t25-,39?/m1/s1. The van der Waals surface area contributed by atoms with E-state index in [1.54, 1.807) is 11.6 Å². The molecule has 2 aromatic heterocycles. The van der Waals surface area contributed by atoms with Gasteiger partial charge in [-0.3, -0.25) is 14.5 Å². The summed E-state index contributed by atoms with van der Waals surface area (Å²) in [5.41, 5.74) is 6.45. The van der Waals surface area contributed by atoms with Gasteiger partial charge in [-0.1, -0.05) is 55.1 Å². The molecule has 4 aromatic rings. The Balaban J connectivity index is 1.19. The Morgan fingerprint density at radius 3 is 2.62 bits per heavy atom. The zero-order chi connectivity index (χ0) is 27.1. The maximum Gasteiger partial charge on any atom is 0.266 e. The summed E-state index contributed by atoms with van der Waals surface area (Å²) in [7, 11) is 1.78. The van der Waals surface area contributed by atoms with Crippen molar-refractivity contribution in [3.63, 3.8) is 0 Å². The normalized spacial score (nSPS) is 22.8. The first-order chi connectivity index (χ1) is 18.7. The molecule has 2 aliphatic heterocycles. The van der Waals surface area contributed by atoms with Gasteiger partial charge in [-0.25, -0.2) is 0 Å². The Bertz CT molecular complexity index is 1680. The minimum absolute atomic E-state index is 0.00298. The number of benzene rings is 2. The fourth-order valence-electron chi connectivity index (χ4n) is 6.91. The van der Waals surface area contributed by atoms with E-state index in [1.807, 2.05) is 30.3 Å². The van der Waals surface area contributed by atoms with Gasteiger partial charge < -0.3 is 9.45 Å². The van der Waals surface area contributed by atoms with Crippen LogP contribution in [0.5, 0.6) is 0 Å². The maximum absolute atomic E-state index is 13.6. The molecule has 9 heteroatoms. The molecule has 1 fully saturated rings. The van der Waals surface area contributed by atoms with Crippen LogP contribution in [-0.2, 0) is 29.6 Å². The third-order valence-corrected chi connectivity index (χ3v) is 10.8. The van der Waals surface area contributed by atoms with Gasteiger partial charge in [0.25, 0.3) is 5.56 Å². The van der Waals surface area contributed by atoms with Gasteiger partial charge in [-0.05, 0) is 49.8 Å². The van der Waals surface area contributed by atoms with E-state index in [-0.39, 0.29) is 17.0 Å². The molecular weight excluding hydrogens is 508 g/mol. The zero-order valence-electron chi connectivity index (χ0n) is 22.5. The molecule has 2 atom stereocenters. The van der Waals surface area contributed by atoms with E-state index in [1.165, 1.54) is 16.7 Å². The fourth-order valence-corrected chi connectivity index (χ4v) is 8.16. The van der Waals surface area contributed by atoms with Crippen LogP contribution in [0.25, 0.3) is 16.6 Å². The summed E-state index contributed by atoms with van der Waals surface area (Å²) in [5, 5.41) is 7.88. The molecule has 1 spiro atoms. The van der Waals surface area contributed by atoms with Crippen LogP contribution in [0.3, 0.4) is 0 Å². The van der Waals surface area contributed by atoms with Crippen LogP contribution in [0.15, 0.2) is 59.9 Å².